The molecule has 0 bridgehead atoms. The Labute approximate surface area is 137 Å². The lowest BCUT2D eigenvalue weighted by Crippen LogP contribution is -2.56. The Morgan fingerprint density at radius 2 is 1.91 bits per heavy atom. The molecule has 23 heavy (non-hydrogen) atoms. The average molecular weight is 327 g/mol. The van der Waals surface area contributed by atoms with Crippen molar-refractivity contribution >= 4 is 12.0 Å². The highest BCUT2D eigenvalue weighted by molar-refractivity contribution is 5.74. The monoisotopic (exact) mass is 327 g/mol. The summed E-state index contributed by atoms with van der Waals surface area (Å²) in [5.74, 6) is -0.651. The molecule has 2 atom stereocenters. The lowest BCUT2D eigenvalue weighted by atomic mass is 9.85. The van der Waals surface area contributed by atoms with E-state index in [1.165, 1.54) is 0 Å². The molecule has 0 saturated heterocycles. The van der Waals surface area contributed by atoms with Crippen molar-refractivity contribution in [3.8, 4) is 0 Å². The van der Waals surface area contributed by atoms with E-state index >= 15 is 0 Å². The van der Waals surface area contributed by atoms with Crippen LogP contribution in [0.25, 0.3) is 0 Å². The molecule has 2 fully saturated rings. The number of hydrogen-bond acceptors (Lipinski definition) is 4. The molecular formula is C16H29N3O4. The Morgan fingerprint density at radius 1 is 1.22 bits per heavy atom. The van der Waals surface area contributed by atoms with Crippen LogP contribution in [0.4, 0.5) is 4.79 Å². The number of aliphatic hydroxyl groups excluding tert-OH is 1. The number of urea groups is 1. The van der Waals surface area contributed by atoms with Gasteiger partial charge in [0.1, 0.15) is 0 Å². The van der Waals surface area contributed by atoms with Gasteiger partial charge in [0.05, 0.1) is 12.6 Å². The molecule has 2 aliphatic carbocycles. The van der Waals surface area contributed by atoms with Crippen molar-refractivity contribution in [1.82, 2.24) is 15.5 Å². The SMILES string of the molecule is CCN(CC(=O)O)C1CC(NC(=O)NC[C@H]2CCCC[C@@H]2O)C1. The molecule has 0 heterocycles. The maximum absolute atomic E-state index is 11.9. The number of nitrogens with one attached hydrogen (secondary N) is 2. The number of amides is 2. The number of carbonyl (C=O) groups is 2. The predicted molar refractivity (Wildman–Crippen MR) is 86.2 cm³/mol. The Morgan fingerprint density at radius 3 is 2.52 bits per heavy atom. The second kappa shape index (κ2) is 8.49. The van der Waals surface area contributed by atoms with Crippen molar-refractivity contribution in [3.63, 3.8) is 0 Å². The molecule has 0 aromatic heterocycles. The second-order valence-corrected chi connectivity index (χ2v) is 6.75. The van der Waals surface area contributed by atoms with Gasteiger partial charge in [-0.2, -0.15) is 0 Å². The third-order valence-electron chi connectivity index (χ3n) is 5.10. The minimum absolute atomic E-state index is 0.0552. The molecule has 0 unspecified atom stereocenters. The first-order valence-electron chi connectivity index (χ1n) is 8.67. The number of carboxylic acid groups (broad SMARTS) is 1. The summed E-state index contributed by atoms with van der Waals surface area (Å²) in [6.07, 6.45) is 5.26. The van der Waals surface area contributed by atoms with E-state index in [2.05, 4.69) is 10.6 Å². The zero-order valence-corrected chi connectivity index (χ0v) is 13.8. The number of aliphatic hydroxyl groups is 1. The first-order chi connectivity index (χ1) is 11.0. The number of likely N-dealkylation sites (N-methyl/N-ethyl adjacent to an activating group) is 1. The Bertz CT molecular complexity index is 412. The highest BCUT2D eigenvalue weighted by Gasteiger charge is 2.34. The van der Waals surface area contributed by atoms with Crippen molar-refractivity contribution < 1.29 is 19.8 Å². The van der Waals surface area contributed by atoms with E-state index in [1.807, 2.05) is 11.8 Å². The zero-order chi connectivity index (χ0) is 16.8. The summed E-state index contributed by atoms with van der Waals surface area (Å²) in [6, 6.07) is 0.160. The van der Waals surface area contributed by atoms with Gasteiger partial charge in [-0.25, -0.2) is 4.79 Å². The van der Waals surface area contributed by atoms with Gasteiger partial charge in [0.25, 0.3) is 0 Å². The van der Waals surface area contributed by atoms with Crippen molar-refractivity contribution in [2.75, 3.05) is 19.6 Å². The fraction of sp³-hybridized carbons (Fsp3) is 0.875. The van der Waals surface area contributed by atoms with Crippen LogP contribution >= 0.6 is 0 Å². The Balaban J connectivity index is 1.63. The van der Waals surface area contributed by atoms with Crippen LogP contribution in [0.2, 0.25) is 0 Å². The molecule has 7 heteroatoms. The average Bonchev–Trinajstić information content (AvgIpc) is 2.47. The van der Waals surface area contributed by atoms with E-state index in [0.29, 0.717) is 13.1 Å². The van der Waals surface area contributed by atoms with E-state index in [-0.39, 0.29) is 36.7 Å². The third kappa shape index (κ3) is 5.35. The second-order valence-electron chi connectivity index (χ2n) is 6.75. The number of hydrogen-bond donors (Lipinski definition) is 4. The van der Waals surface area contributed by atoms with E-state index in [1.54, 1.807) is 0 Å². The molecule has 0 aromatic rings. The highest BCUT2D eigenvalue weighted by atomic mass is 16.4. The minimum Gasteiger partial charge on any atom is -0.480 e. The van der Waals surface area contributed by atoms with Crippen LogP contribution in [0.5, 0.6) is 0 Å². The lowest BCUT2D eigenvalue weighted by Gasteiger charge is -2.42. The lowest BCUT2D eigenvalue weighted by molar-refractivity contribution is -0.139. The van der Waals surface area contributed by atoms with Crippen LogP contribution in [0.3, 0.4) is 0 Å². The van der Waals surface area contributed by atoms with Gasteiger partial charge in [0.2, 0.25) is 0 Å². The van der Waals surface area contributed by atoms with Crippen LogP contribution in [0.15, 0.2) is 0 Å². The molecule has 2 amide bonds. The smallest absolute Gasteiger partial charge is 0.317 e. The minimum atomic E-state index is -0.813. The largest absolute Gasteiger partial charge is 0.480 e. The molecule has 2 aliphatic rings. The number of carbonyl (C=O) groups excluding carboxylic acids is 1. The van der Waals surface area contributed by atoms with Crippen molar-refractivity contribution in [2.24, 2.45) is 5.92 Å². The van der Waals surface area contributed by atoms with Gasteiger partial charge in [-0.15, -0.1) is 0 Å². The van der Waals surface area contributed by atoms with Crippen molar-refractivity contribution in [3.05, 3.63) is 0 Å². The normalized spacial score (nSPS) is 30.6. The predicted octanol–water partition coefficient (Wildman–Crippen LogP) is 0.774. The van der Waals surface area contributed by atoms with Crippen LogP contribution in [-0.4, -0.2) is 64.9 Å². The van der Waals surface area contributed by atoms with Gasteiger partial charge in [-0.3, -0.25) is 9.69 Å². The first-order valence-corrected chi connectivity index (χ1v) is 8.67. The Kier molecular flexibility index (Phi) is 6.65. The van der Waals surface area contributed by atoms with E-state index < -0.39 is 5.97 Å². The summed E-state index contributed by atoms with van der Waals surface area (Å²) in [6.45, 7) is 3.23. The number of nitrogens with zero attached hydrogens (tertiary/aromatic N) is 1. The van der Waals surface area contributed by atoms with E-state index in [9.17, 15) is 14.7 Å². The molecule has 2 saturated carbocycles. The summed E-state index contributed by atoms with van der Waals surface area (Å²) < 4.78 is 0. The molecule has 7 nitrogen and oxygen atoms in total. The third-order valence-corrected chi connectivity index (χ3v) is 5.10. The summed E-state index contributed by atoms with van der Waals surface area (Å²) in [7, 11) is 0. The maximum Gasteiger partial charge on any atom is 0.317 e. The van der Waals surface area contributed by atoms with Gasteiger partial charge in [-0.05, 0) is 32.2 Å². The number of carboxylic acids is 1. The molecular weight excluding hydrogens is 298 g/mol. The fourth-order valence-electron chi connectivity index (χ4n) is 3.56. The summed E-state index contributed by atoms with van der Waals surface area (Å²) in [5.41, 5.74) is 0. The quantitative estimate of drug-likeness (QED) is 0.553. The van der Waals surface area contributed by atoms with Gasteiger partial charge < -0.3 is 20.8 Å². The number of aliphatic carboxylic acids is 1. The van der Waals surface area contributed by atoms with Crippen LogP contribution in [-0.2, 0) is 4.79 Å². The summed E-state index contributed by atoms with van der Waals surface area (Å²) >= 11 is 0. The Hall–Kier alpha value is -1.34. The van der Waals surface area contributed by atoms with Gasteiger partial charge >= 0.3 is 12.0 Å². The zero-order valence-electron chi connectivity index (χ0n) is 13.8. The highest BCUT2D eigenvalue weighted by Crippen LogP contribution is 2.26. The van der Waals surface area contributed by atoms with Gasteiger partial charge in [0.15, 0.2) is 0 Å². The van der Waals surface area contributed by atoms with Gasteiger partial charge in [-0.1, -0.05) is 19.8 Å². The molecule has 4 N–H and O–H groups in total. The topological polar surface area (TPSA) is 102 Å². The molecule has 0 spiro atoms. The van der Waals surface area contributed by atoms with Crippen molar-refractivity contribution in [1.29, 1.82) is 0 Å². The first kappa shape index (κ1) is 18.0. The van der Waals surface area contributed by atoms with Crippen molar-refractivity contribution in [2.45, 2.75) is 63.6 Å². The van der Waals surface area contributed by atoms with Gasteiger partial charge in [0, 0.05) is 24.5 Å². The summed E-state index contributed by atoms with van der Waals surface area (Å²) in [4.78, 5) is 24.6. The molecule has 132 valence electrons. The van der Waals surface area contributed by atoms with Crippen LogP contribution in [0.1, 0.15) is 45.4 Å². The maximum atomic E-state index is 11.9. The van der Waals surface area contributed by atoms with E-state index in [0.717, 1.165) is 38.5 Å². The molecule has 0 radical (unpaired) electrons. The van der Waals surface area contributed by atoms with E-state index in [4.69, 9.17) is 5.11 Å². The molecule has 0 aromatic carbocycles. The van der Waals surface area contributed by atoms with Crippen LogP contribution in [0, 0.1) is 5.92 Å². The van der Waals surface area contributed by atoms with Crippen LogP contribution < -0.4 is 10.6 Å². The summed E-state index contributed by atoms with van der Waals surface area (Å²) in [5, 5.41) is 24.5. The standard InChI is InChI=1S/C16H29N3O4/c1-2-19(10-15(21)22)13-7-12(8-13)18-16(23)17-9-11-5-3-4-6-14(11)20/h11-14,20H,2-10H2,1H3,(H,21,22)(H2,17,18,23)/t11-,12?,13?,14+/m1/s1. The fourth-order valence-corrected chi connectivity index (χ4v) is 3.56. The molecule has 0 aliphatic heterocycles. The molecule has 2 rings (SSSR count). The number of rotatable bonds is 7.